The van der Waals surface area contributed by atoms with Crippen LogP contribution >= 0.6 is 11.6 Å². The molecule has 0 spiro atoms. The van der Waals surface area contributed by atoms with Gasteiger partial charge in [0.2, 0.25) is 5.91 Å². The molecule has 0 saturated heterocycles. The molecule has 1 heterocycles. The third-order valence-corrected chi connectivity index (χ3v) is 4.70. The lowest BCUT2D eigenvalue weighted by molar-refractivity contribution is -0.131. The lowest BCUT2D eigenvalue weighted by Crippen LogP contribution is -2.41. The molecule has 1 aliphatic carbocycles. The topological polar surface area (TPSA) is 47.4 Å². The fraction of sp³-hybridized carbons (Fsp3) is 0.412. The molecule has 6 heteroatoms. The number of nitrogens with zero attached hydrogens (tertiary/aromatic N) is 3. The number of fused-ring (bicyclic) bond motifs is 1. The summed E-state index contributed by atoms with van der Waals surface area (Å²) >= 11 is 5.84. The minimum absolute atomic E-state index is 0.0121. The molecule has 0 N–H and O–H groups in total. The summed E-state index contributed by atoms with van der Waals surface area (Å²) in [6.07, 6.45) is 3.36. The van der Waals surface area contributed by atoms with Gasteiger partial charge in [-0.05, 0) is 36.1 Å². The average Bonchev–Trinajstić information content (AvgIpc) is 3.17. The molecule has 0 bridgehead atoms. The van der Waals surface area contributed by atoms with Crippen molar-refractivity contribution in [3.63, 3.8) is 0 Å². The zero-order chi connectivity index (χ0) is 16.4. The summed E-state index contributed by atoms with van der Waals surface area (Å²) in [5.41, 5.74) is 3.43. The van der Waals surface area contributed by atoms with Gasteiger partial charge in [-0.25, -0.2) is 0 Å². The van der Waals surface area contributed by atoms with Crippen LogP contribution < -0.4 is 4.74 Å². The highest BCUT2D eigenvalue weighted by Crippen LogP contribution is 2.33. The van der Waals surface area contributed by atoms with Crippen LogP contribution in [0.3, 0.4) is 0 Å². The Balaban J connectivity index is 1.85. The number of halogens is 1. The van der Waals surface area contributed by atoms with E-state index in [2.05, 4.69) is 11.2 Å². The van der Waals surface area contributed by atoms with Crippen molar-refractivity contribution < 1.29 is 9.53 Å². The molecule has 0 saturated carbocycles. The van der Waals surface area contributed by atoms with Crippen LogP contribution in [-0.4, -0.2) is 39.6 Å². The molecule has 5 nitrogen and oxygen atoms in total. The van der Waals surface area contributed by atoms with E-state index >= 15 is 0 Å². The molecule has 0 radical (unpaired) electrons. The van der Waals surface area contributed by atoms with Gasteiger partial charge < -0.3 is 9.64 Å². The minimum Gasteiger partial charge on any atom is -0.496 e. The number of benzene rings is 1. The van der Waals surface area contributed by atoms with Crippen molar-refractivity contribution in [1.82, 2.24) is 14.7 Å². The number of methoxy groups -OCH3 is 1. The van der Waals surface area contributed by atoms with E-state index in [0.29, 0.717) is 6.54 Å². The summed E-state index contributed by atoms with van der Waals surface area (Å²) in [7, 11) is 3.56. The monoisotopic (exact) mass is 333 g/mol. The van der Waals surface area contributed by atoms with E-state index in [1.54, 1.807) is 18.0 Å². The zero-order valence-electron chi connectivity index (χ0n) is 13.3. The Hall–Kier alpha value is -2.01. The van der Waals surface area contributed by atoms with E-state index < -0.39 is 0 Å². The van der Waals surface area contributed by atoms with Crippen molar-refractivity contribution in [2.24, 2.45) is 7.05 Å². The van der Waals surface area contributed by atoms with Crippen LogP contribution in [0, 0.1) is 0 Å². The Morgan fingerprint density at radius 3 is 2.91 bits per heavy atom. The summed E-state index contributed by atoms with van der Waals surface area (Å²) in [4.78, 5) is 14.2. The Labute approximate surface area is 140 Å². The summed E-state index contributed by atoms with van der Waals surface area (Å²) in [5, 5.41) is 4.17. The Bertz CT molecular complexity index is 714. The van der Waals surface area contributed by atoms with Crippen LogP contribution in [0.15, 0.2) is 30.5 Å². The van der Waals surface area contributed by atoms with E-state index in [4.69, 9.17) is 16.3 Å². The predicted molar refractivity (Wildman–Crippen MR) is 88.7 cm³/mol. The molecular formula is C17H20ClN3O2. The summed E-state index contributed by atoms with van der Waals surface area (Å²) in [6.45, 7) is 0.517. The zero-order valence-corrected chi connectivity index (χ0v) is 14.1. The number of carbonyl (C=O) groups is 1. The first-order chi connectivity index (χ1) is 11.1. The van der Waals surface area contributed by atoms with Crippen LogP contribution in [0.1, 0.15) is 16.8 Å². The van der Waals surface area contributed by atoms with Gasteiger partial charge in [0, 0.05) is 19.3 Å². The molecule has 3 rings (SSSR count). The molecular weight excluding hydrogens is 314 g/mol. The van der Waals surface area contributed by atoms with Crippen LogP contribution in [0.2, 0.25) is 0 Å². The summed E-state index contributed by atoms with van der Waals surface area (Å²) < 4.78 is 7.24. The number of hydrogen-bond acceptors (Lipinski definition) is 3. The number of ether oxygens (including phenoxy) is 1. The largest absolute Gasteiger partial charge is 0.496 e. The van der Waals surface area contributed by atoms with Crippen molar-refractivity contribution in [2.75, 3.05) is 13.0 Å². The van der Waals surface area contributed by atoms with Gasteiger partial charge in [0.1, 0.15) is 11.6 Å². The third kappa shape index (κ3) is 3.06. The van der Waals surface area contributed by atoms with E-state index in [1.165, 1.54) is 11.1 Å². The minimum atomic E-state index is -0.0513. The number of rotatable bonds is 5. The van der Waals surface area contributed by atoms with E-state index in [-0.39, 0.29) is 17.8 Å². The maximum atomic E-state index is 12.4. The average molecular weight is 334 g/mol. The number of aromatic nitrogens is 2. The van der Waals surface area contributed by atoms with Gasteiger partial charge in [-0.2, -0.15) is 5.10 Å². The smallest absolute Gasteiger partial charge is 0.238 e. The van der Waals surface area contributed by atoms with Gasteiger partial charge in [-0.15, -0.1) is 11.6 Å². The molecule has 2 aromatic rings. The molecule has 1 unspecified atom stereocenters. The Morgan fingerprint density at radius 2 is 2.26 bits per heavy atom. The molecule has 0 aliphatic heterocycles. The first kappa shape index (κ1) is 15.9. The first-order valence-corrected chi connectivity index (χ1v) is 8.14. The summed E-state index contributed by atoms with van der Waals surface area (Å²) in [5.74, 6) is 0.829. The highest BCUT2D eigenvalue weighted by Gasteiger charge is 2.31. The number of carbonyl (C=O) groups excluding carboxylic acids is 1. The molecule has 23 heavy (non-hydrogen) atoms. The van der Waals surface area contributed by atoms with Gasteiger partial charge in [0.05, 0.1) is 19.3 Å². The van der Waals surface area contributed by atoms with Gasteiger partial charge in [0.15, 0.2) is 0 Å². The second-order valence-corrected chi connectivity index (χ2v) is 6.03. The number of amides is 1. The summed E-state index contributed by atoms with van der Waals surface area (Å²) in [6, 6.07) is 8.09. The molecule has 122 valence electrons. The Morgan fingerprint density at radius 1 is 1.43 bits per heavy atom. The van der Waals surface area contributed by atoms with Crippen molar-refractivity contribution in [1.29, 1.82) is 0 Å². The second-order valence-electron chi connectivity index (χ2n) is 5.76. The standard InChI is InChI=1S/C17H20ClN3O2/c1-20-13(6-7-19-20)11-21(17(22)10-18)14-8-12-4-3-5-16(23-2)15(12)9-14/h3-7,14H,8-11H2,1-2H3. The van der Waals surface area contributed by atoms with Gasteiger partial charge in [0.25, 0.3) is 0 Å². The molecule has 0 fully saturated rings. The van der Waals surface area contributed by atoms with Crippen molar-refractivity contribution in [3.05, 3.63) is 47.3 Å². The molecule has 1 aromatic heterocycles. The maximum absolute atomic E-state index is 12.4. The van der Waals surface area contributed by atoms with Crippen molar-refractivity contribution in [3.8, 4) is 5.75 Å². The predicted octanol–water partition coefficient (Wildman–Crippen LogP) is 2.16. The van der Waals surface area contributed by atoms with Crippen molar-refractivity contribution >= 4 is 17.5 Å². The first-order valence-electron chi connectivity index (χ1n) is 7.61. The normalized spacial score (nSPS) is 16.2. The van der Waals surface area contributed by atoms with Gasteiger partial charge in [-0.3, -0.25) is 9.48 Å². The maximum Gasteiger partial charge on any atom is 0.238 e. The third-order valence-electron chi connectivity index (χ3n) is 4.48. The van der Waals surface area contributed by atoms with Gasteiger partial charge >= 0.3 is 0 Å². The molecule has 1 atom stereocenters. The molecule has 1 aromatic carbocycles. The van der Waals surface area contributed by atoms with Crippen LogP contribution in [0.4, 0.5) is 0 Å². The quantitative estimate of drug-likeness (QED) is 0.788. The molecule has 1 amide bonds. The van der Waals surface area contributed by atoms with Crippen LogP contribution in [0.25, 0.3) is 0 Å². The fourth-order valence-corrected chi connectivity index (χ4v) is 3.39. The van der Waals surface area contributed by atoms with Crippen LogP contribution in [-0.2, 0) is 31.2 Å². The van der Waals surface area contributed by atoms with Crippen molar-refractivity contribution in [2.45, 2.75) is 25.4 Å². The second kappa shape index (κ2) is 6.62. The number of aryl methyl sites for hydroxylation is 1. The number of hydrogen-bond donors (Lipinski definition) is 0. The highest BCUT2D eigenvalue weighted by atomic mass is 35.5. The van der Waals surface area contributed by atoms with E-state index in [0.717, 1.165) is 24.3 Å². The fourth-order valence-electron chi connectivity index (χ4n) is 3.24. The lowest BCUT2D eigenvalue weighted by Gasteiger charge is -2.28. The van der Waals surface area contributed by atoms with Crippen LogP contribution in [0.5, 0.6) is 5.75 Å². The van der Waals surface area contributed by atoms with Gasteiger partial charge in [-0.1, -0.05) is 12.1 Å². The number of alkyl halides is 1. The van der Waals surface area contributed by atoms with E-state index in [1.807, 2.05) is 30.1 Å². The Kier molecular flexibility index (Phi) is 4.57. The molecule has 1 aliphatic rings. The van der Waals surface area contributed by atoms with E-state index in [9.17, 15) is 4.79 Å². The lowest BCUT2D eigenvalue weighted by atomic mass is 10.1. The SMILES string of the molecule is COc1cccc2c1CC(N(Cc1ccnn1C)C(=O)CCl)C2. The highest BCUT2D eigenvalue weighted by molar-refractivity contribution is 6.27.